The molecule has 0 heterocycles. The van der Waals surface area contributed by atoms with Gasteiger partial charge in [0.05, 0.1) is 19.6 Å². The predicted molar refractivity (Wildman–Crippen MR) is 64.4 cm³/mol. The van der Waals surface area contributed by atoms with Gasteiger partial charge in [-0.25, -0.2) is 0 Å². The second-order valence-corrected chi connectivity index (χ2v) is 6.33. The quantitative estimate of drug-likeness (QED) is 0.751. The number of hydrogen-bond donors (Lipinski definition) is 1. The van der Waals surface area contributed by atoms with Crippen molar-refractivity contribution < 1.29 is 14.6 Å². The molecule has 0 aliphatic heterocycles. The van der Waals surface area contributed by atoms with E-state index in [4.69, 9.17) is 4.74 Å². The number of rotatable bonds is 5. The maximum atomic E-state index is 11.2. The van der Waals surface area contributed by atoms with Gasteiger partial charge in [0.15, 0.2) is 0 Å². The number of methoxy groups -OCH3 is 1. The van der Waals surface area contributed by atoms with E-state index in [0.29, 0.717) is 11.7 Å². The molecule has 0 radical (unpaired) electrons. The van der Waals surface area contributed by atoms with Crippen LogP contribution in [0.4, 0.5) is 0 Å². The van der Waals surface area contributed by atoms with Crippen LogP contribution in [0.5, 0.6) is 0 Å². The normalized spacial score (nSPS) is 31.4. The summed E-state index contributed by atoms with van der Waals surface area (Å²) in [5, 5.41) is 10.1. The molecule has 3 nitrogen and oxygen atoms in total. The second-order valence-electron chi connectivity index (χ2n) is 5.10. The second kappa shape index (κ2) is 4.96. The third-order valence-electron chi connectivity index (χ3n) is 3.73. The molecule has 4 heteroatoms. The van der Waals surface area contributed by atoms with Gasteiger partial charge in [-0.05, 0) is 43.3 Å². The van der Waals surface area contributed by atoms with Crippen LogP contribution in [-0.2, 0) is 9.53 Å². The highest BCUT2D eigenvalue weighted by Crippen LogP contribution is 2.52. The maximum absolute atomic E-state index is 11.2. The summed E-state index contributed by atoms with van der Waals surface area (Å²) in [5.74, 6) is 0.911. The molecule has 0 saturated heterocycles. The minimum absolute atomic E-state index is 0.0925. The van der Waals surface area contributed by atoms with Crippen LogP contribution in [0.3, 0.4) is 0 Å². The number of carbonyl (C=O) groups excluding carboxylic acids is 1. The number of aliphatic hydroxyl groups is 1. The van der Waals surface area contributed by atoms with Crippen LogP contribution in [0.15, 0.2) is 0 Å². The Kier molecular flexibility index (Phi) is 3.80. The zero-order valence-electron chi connectivity index (χ0n) is 9.78. The third-order valence-corrected chi connectivity index (χ3v) is 5.48. The number of thioether (sulfide) groups is 1. The summed E-state index contributed by atoms with van der Waals surface area (Å²) < 4.78 is 4.72. The molecule has 0 aromatic carbocycles. The standard InChI is InChI=1S/C12H20O3S/c1-15-11(14)7-12(5-6-12)8-16-10-4-2-3-9(10)13/h9-10,13H,2-8H2,1H3/t9-,10-/m0/s1. The first-order valence-electron chi connectivity index (χ1n) is 6.02. The number of carbonyl (C=O) groups is 1. The molecule has 2 aliphatic carbocycles. The molecule has 0 amide bonds. The lowest BCUT2D eigenvalue weighted by Crippen LogP contribution is -2.19. The Balaban J connectivity index is 1.74. The van der Waals surface area contributed by atoms with E-state index >= 15 is 0 Å². The molecule has 0 aromatic rings. The fraction of sp³-hybridized carbons (Fsp3) is 0.917. The average molecular weight is 244 g/mol. The first-order chi connectivity index (χ1) is 7.65. The Labute approximate surface area is 101 Å². The largest absolute Gasteiger partial charge is 0.469 e. The first-order valence-corrected chi connectivity index (χ1v) is 7.07. The van der Waals surface area contributed by atoms with Crippen LogP contribution < -0.4 is 0 Å². The molecule has 2 fully saturated rings. The molecular weight excluding hydrogens is 224 g/mol. The summed E-state index contributed by atoms with van der Waals surface area (Å²) in [6.07, 6.45) is 5.92. The molecule has 2 saturated carbocycles. The Morgan fingerprint density at radius 3 is 2.75 bits per heavy atom. The first kappa shape index (κ1) is 12.2. The van der Waals surface area contributed by atoms with Crippen molar-refractivity contribution in [2.45, 2.75) is 49.9 Å². The molecule has 0 bridgehead atoms. The van der Waals surface area contributed by atoms with Gasteiger partial charge in [0, 0.05) is 5.25 Å². The van der Waals surface area contributed by atoms with E-state index in [1.165, 1.54) is 7.11 Å². The number of esters is 1. The van der Waals surface area contributed by atoms with Crippen molar-refractivity contribution in [2.75, 3.05) is 12.9 Å². The minimum atomic E-state index is -0.126. The Morgan fingerprint density at radius 2 is 2.25 bits per heavy atom. The van der Waals surface area contributed by atoms with E-state index in [1.54, 1.807) is 0 Å². The van der Waals surface area contributed by atoms with Gasteiger partial charge in [0.25, 0.3) is 0 Å². The number of aliphatic hydroxyl groups excluding tert-OH is 1. The number of ether oxygens (including phenoxy) is 1. The molecule has 0 aromatic heterocycles. The lowest BCUT2D eigenvalue weighted by molar-refractivity contribution is -0.141. The van der Waals surface area contributed by atoms with Crippen molar-refractivity contribution in [3.63, 3.8) is 0 Å². The van der Waals surface area contributed by atoms with Crippen LogP contribution >= 0.6 is 11.8 Å². The molecule has 1 N–H and O–H groups in total. The Morgan fingerprint density at radius 1 is 1.50 bits per heavy atom. The van der Waals surface area contributed by atoms with Crippen molar-refractivity contribution in [3.8, 4) is 0 Å². The smallest absolute Gasteiger partial charge is 0.306 e. The van der Waals surface area contributed by atoms with Gasteiger partial charge in [-0.1, -0.05) is 0 Å². The number of hydrogen-bond acceptors (Lipinski definition) is 4. The van der Waals surface area contributed by atoms with Crippen molar-refractivity contribution in [3.05, 3.63) is 0 Å². The zero-order valence-corrected chi connectivity index (χ0v) is 10.6. The van der Waals surface area contributed by atoms with Gasteiger partial charge >= 0.3 is 5.97 Å². The predicted octanol–water partition coefficient (Wildman–Crippen LogP) is 1.98. The monoisotopic (exact) mass is 244 g/mol. The summed E-state index contributed by atoms with van der Waals surface area (Å²) in [4.78, 5) is 11.2. The Bertz CT molecular complexity index is 263. The maximum Gasteiger partial charge on any atom is 0.306 e. The van der Waals surface area contributed by atoms with Gasteiger partial charge in [-0.3, -0.25) is 4.79 Å². The van der Waals surface area contributed by atoms with Crippen molar-refractivity contribution in [1.82, 2.24) is 0 Å². The molecule has 92 valence electrons. The van der Waals surface area contributed by atoms with Gasteiger partial charge in [0.1, 0.15) is 0 Å². The molecule has 0 spiro atoms. The van der Waals surface area contributed by atoms with E-state index in [2.05, 4.69) is 0 Å². The highest BCUT2D eigenvalue weighted by Gasteiger charge is 2.45. The molecule has 2 atom stereocenters. The van der Waals surface area contributed by atoms with Crippen LogP contribution in [0.2, 0.25) is 0 Å². The topological polar surface area (TPSA) is 46.5 Å². The fourth-order valence-electron chi connectivity index (χ4n) is 2.31. The molecular formula is C12H20O3S. The zero-order chi connectivity index (χ0) is 11.6. The summed E-state index contributed by atoms with van der Waals surface area (Å²) in [6, 6.07) is 0. The van der Waals surface area contributed by atoms with Crippen molar-refractivity contribution in [2.24, 2.45) is 5.41 Å². The average Bonchev–Trinajstić information content (AvgIpc) is 2.91. The van der Waals surface area contributed by atoms with E-state index < -0.39 is 0 Å². The fourth-order valence-corrected chi connectivity index (χ4v) is 3.96. The van der Waals surface area contributed by atoms with Gasteiger partial charge < -0.3 is 9.84 Å². The summed E-state index contributed by atoms with van der Waals surface area (Å²) in [6.45, 7) is 0. The highest BCUT2D eigenvalue weighted by atomic mass is 32.2. The third kappa shape index (κ3) is 2.92. The molecule has 2 aliphatic rings. The van der Waals surface area contributed by atoms with Gasteiger partial charge in [0.2, 0.25) is 0 Å². The van der Waals surface area contributed by atoms with Crippen molar-refractivity contribution >= 4 is 17.7 Å². The van der Waals surface area contributed by atoms with Crippen LogP contribution in [0.1, 0.15) is 38.5 Å². The molecule has 2 rings (SSSR count). The van der Waals surface area contributed by atoms with Crippen molar-refractivity contribution in [1.29, 1.82) is 0 Å². The summed E-state index contributed by atoms with van der Waals surface area (Å²) >= 11 is 1.86. The Hall–Kier alpha value is -0.220. The lowest BCUT2D eigenvalue weighted by Gasteiger charge is -2.18. The van der Waals surface area contributed by atoms with E-state index in [-0.39, 0.29) is 17.5 Å². The minimum Gasteiger partial charge on any atom is -0.469 e. The van der Waals surface area contributed by atoms with E-state index in [9.17, 15) is 9.90 Å². The van der Waals surface area contributed by atoms with Crippen LogP contribution in [0, 0.1) is 5.41 Å². The van der Waals surface area contributed by atoms with Gasteiger partial charge in [-0.15, -0.1) is 0 Å². The SMILES string of the molecule is COC(=O)CC1(CS[C@H]2CCC[C@@H]2O)CC1. The van der Waals surface area contributed by atoms with Gasteiger partial charge in [-0.2, -0.15) is 11.8 Å². The van der Waals surface area contributed by atoms with Crippen LogP contribution in [-0.4, -0.2) is 35.3 Å². The highest BCUT2D eigenvalue weighted by molar-refractivity contribution is 8.00. The molecule has 0 unspecified atom stereocenters. The summed E-state index contributed by atoms with van der Waals surface area (Å²) in [5.41, 5.74) is 0.195. The van der Waals surface area contributed by atoms with E-state index in [1.807, 2.05) is 11.8 Å². The van der Waals surface area contributed by atoms with E-state index in [0.717, 1.165) is 37.9 Å². The molecule has 16 heavy (non-hydrogen) atoms. The van der Waals surface area contributed by atoms with Crippen LogP contribution in [0.25, 0.3) is 0 Å². The lowest BCUT2D eigenvalue weighted by atomic mass is 10.1. The summed E-state index contributed by atoms with van der Waals surface area (Å²) in [7, 11) is 1.45.